The van der Waals surface area contributed by atoms with Crippen LogP contribution in [0, 0.1) is 0 Å². The third kappa shape index (κ3) is 3.46. The average molecular weight is 208 g/mol. The molecule has 0 unspecified atom stereocenters. The molecule has 0 aliphatic rings. The van der Waals surface area contributed by atoms with Crippen LogP contribution in [0.15, 0.2) is 12.1 Å². The largest absolute Gasteiger partial charge is 0.455 e. The van der Waals surface area contributed by atoms with Crippen molar-refractivity contribution in [3.8, 4) is 0 Å². The van der Waals surface area contributed by atoms with Gasteiger partial charge in [-0.05, 0) is 32.9 Å². The van der Waals surface area contributed by atoms with Gasteiger partial charge in [0.15, 0.2) is 12.0 Å². The third-order valence-corrected chi connectivity index (χ3v) is 1.41. The summed E-state index contributed by atoms with van der Waals surface area (Å²) in [6.07, 6.45) is 0.561. The standard InChI is InChI=1S/C10H12N2O3/c1-10(2,3)15-9(14)8-5-4-7(6-13)11-12-8/h4-6H,1-3H3. The normalized spacial score (nSPS) is 10.9. The summed E-state index contributed by atoms with van der Waals surface area (Å²) in [6, 6.07) is 2.82. The van der Waals surface area contributed by atoms with Crippen LogP contribution in [0.4, 0.5) is 0 Å². The molecule has 1 rings (SSSR count). The lowest BCUT2D eigenvalue weighted by molar-refractivity contribution is 0.00613. The van der Waals surface area contributed by atoms with Crippen molar-refractivity contribution in [1.82, 2.24) is 10.2 Å². The fourth-order valence-corrected chi connectivity index (χ4v) is 0.845. The van der Waals surface area contributed by atoms with Gasteiger partial charge in [-0.2, -0.15) is 0 Å². The highest BCUT2D eigenvalue weighted by Gasteiger charge is 2.18. The van der Waals surface area contributed by atoms with Gasteiger partial charge in [0.1, 0.15) is 11.3 Å². The molecule has 0 aliphatic heterocycles. The van der Waals surface area contributed by atoms with Crippen LogP contribution in [-0.4, -0.2) is 28.1 Å². The zero-order valence-corrected chi connectivity index (χ0v) is 8.85. The van der Waals surface area contributed by atoms with E-state index in [1.165, 1.54) is 12.1 Å². The van der Waals surface area contributed by atoms with Crippen molar-refractivity contribution in [3.05, 3.63) is 23.5 Å². The Kier molecular flexibility index (Phi) is 3.14. The van der Waals surface area contributed by atoms with E-state index in [0.717, 1.165) is 0 Å². The Hall–Kier alpha value is -1.78. The van der Waals surface area contributed by atoms with E-state index in [9.17, 15) is 9.59 Å². The predicted octanol–water partition coefficient (Wildman–Crippen LogP) is 1.24. The number of carbonyl (C=O) groups is 2. The van der Waals surface area contributed by atoms with E-state index in [-0.39, 0.29) is 11.4 Å². The predicted molar refractivity (Wildman–Crippen MR) is 52.6 cm³/mol. The van der Waals surface area contributed by atoms with Gasteiger partial charge in [0.05, 0.1) is 0 Å². The molecule has 0 aliphatic carbocycles. The van der Waals surface area contributed by atoms with Crippen molar-refractivity contribution in [1.29, 1.82) is 0 Å². The molecule has 0 spiro atoms. The average Bonchev–Trinajstić information content (AvgIpc) is 2.15. The molecule has 5 heteroatoms. The fourth-order valence-electron chi connectivity index (χ4n) is 0.845. The van der Waals surface area contributed by atoms with Gasteiger partial charge in [-0.25, -0.2) is 4.79 Å². The number of hydrogen-bond acceptors (Lipinski definition) is 5. The second-order valence-electron chi connectivity index (χ2n) is 3.96. The molecule has 1 aromatic heterocycles. The van der Waals surface area contributed by atoms with E-state index < -0.39 is 11.6 Å². The summed E-state index contributed by atoms with van der Waals surface area (Å²) >= 11 is 0. The lowest BCUT2D eigenvalue weighted by atomic mass is 10.2. The number of ether oxygens (including phenoxy) is 1. The second-order valence-corrected chi connectivity index (χ2v) is 3.96. The number of esters is 1. The fraction of sp³-hybridized carbons (Fsp3) is 0.400. The molecule has 0 amide bonds. The van der Waals surface area contributed by atoms with Crippen molar-refractivity contribution in [2.24, 2.45) is 0 Å². The summed E-state index contributed by atoms with van der Waals surface area (Å²) < 4.78 is 5.07. The Morgan fingerprint density at radius 1 is 1.33 bits per heavy atom. The van der Waals surface area contributed by atoms with E-state index in [1.54, 1.807) is 20.8 Å². The van der Waals surface area contributed by atoms with Gasteiger partial charge < -0.3 is 4.74 Å². The van der Waals surface area contributed by atoms with Crippen molar-refractivity contribution >= 4 is 12.3 Å². The SMILES string of the molecule is CC(C)(C)OC(=O)c1ccc(C=O)nn1. The van der Waals surface area contributed by atoms with Crippen LogP contribution >= 0.6 is 0 Å². The Balaban J connectivity index is 2.79. The van der Waals surface area contributed by atoms with Gasteiger partial charge in [-0.3, -0.25) is 4.79 Å². The summed E-state index contributed by atoms with van der Waals surface area (Å²) in [5.41, 5.74) is -0.292. The zero-order valence-electron chi connectivity index (χ0n) is 8.85. The van der Waals surface area contributed by atoms with Crippen LogP contribution in [0.25, 0.3) is 0 Å². The molecular formula is C10H12N2O3. The lowest BCUT2D eigenvalue weighted by Gasteiger charge is -2.18. The minimum Gasteiger partial charge on any atom is -0.455 e. The molecule has 15 heavy (non-hydrogen) atoms. The molecule has 0 saturated heterocycles. The van der Waals surface area contributed by atoms with Crippen molar-refractivity contribution in [3.63, 3.8) is 0 Å². The Morgan fingerprint density at radius 3 is 2.40 bits per heavy atom. The van der Waals surface area contributed by atoms with E-state index >= 15 is 0 Å². The lowest BCUT2D eigenvalue weighted by Crippen LogP contribution is -2.24. The smallest absolute Gasteiger partial charge is 0.359 e. The third-order valence-electron chi connectivity index (χ3n) is 1.41. The van der Waals surface area contributed by atoms with Crippen LogP contribution < -0.4 is 0 Å². The van der Waals surface area contributed by atoms with Crippen LogP contribution in [0.1, 0.15) is 41.7 Å². The molecule has 0 fully saturated rings. The number of rotatable bonds is 2. The molecule has 5 nitrogen and oxygen atoms in total. The zero-order chi connectivity index (χ0) is 11.5. The van der Waals surface area contributed by atoms with Gasteiger partial charge in [0, 0.05) is 0 Å². The Labute approximate surface area is 87.5 Å². The molecule has 0 N–H and O–H groups in total. The topological polar surface area (TPSA) is 69.2 Å². The summed E-state index contributed by atoms with van der Waals surface area (Å²) in [7, 11) is 0. The van der Waals surface area contributed by atoms with Crippen molar-refractivity contribution < 1.29 is 14.3 Å². The number of aldehydes is 1. The highest BCUT2D eigenvalue weighted by molar-refractivity contribution is 5.87. The highest BCUT2D eigenvalue weighted by Crippen LogP contribution is 2.10. The van der Waals surface area contributed by atoms with E-state index in [4.69, 9.17) is 4.74 Å². The minimum absolute atomic E-state index is 0.0931. The first-order valence-electron chi connectivity index (χ1n) is 4.44. The molecule has 0 atom stereocenters. The molecule has 0 radical (unpaired) electrons. The second kappa shape index (κ2) is 4.16. The quantitative estimate of drug-likeness (QED) is 0.540. The summed E-state index contributed by atoms with van der Waals surface area (Å²) in [5.74, 6) is -0.549. The van der Waals surface area contributed by atoms with Crippen LogP contribution in [0.2, 0.25) is 0 Å². The maximum absolute atomic E-state index is 11.4. The maximum Gasteiger partial charge on any atom is 0.359 e. The maximum atomic E-state index is 11.4. The number of carbonyl (C=O) groups excluding carboxylic acids is 2. The van der Waals surface area contributed by atoms with Crippen LogP contribution in [-0.2, 0) is 4.74 Å². The number of aromatic nitrogens is 2. The number of hydrogen-bond donors (Lipinski definition) is 0. The van der Waals surface area contributed by atoms with E-state index in [0.29, 0.717) is 6.29 Å². The molecule has 0 bridgehead atoms. The first kappa shape index (κ1) is 11.3. The molecule has 0 saturated carbocycles. The van der Waals surface area contributed by atoms with E-state index in [2.05, 4.69) is 10.2 Å². The number of nitrogens with zero attached hydrogens (tertiary/aromatic N) is 2. The molecule has 1 aromatic rings. The van der Waals surface area contributed by atoms with Crippen LogP contribution in [0.3, 0.4) is 0 Å². The first-order chi connectivity index (χ1) is 6.92. The van der Waals surface area contributed by atoms with Gasteiger partial charge in [0.2, 0.25) is 0 Å². The minimum atomic E-state index is -0.567. The molecular weight excluding hydrogens is 196 g/mol. The molecule has 1 heterocycles. The Morgan fingerprint density at radius 2 is 2.00 bits per heavy atom. The van der Waals surface area contributed by atoms with Gasteiger partial charge in [-0.15, -0.1) is 10.2 Å². The van der Waals surface area contributed by atoms with Gasteiger partial charge in [-0.1, -0.05) is 0 Å². The summed E-state index contributed by atoms with van der Waals surface area (Å²) in [5, 5.41) is 7.11. The first-order valence-corrected chi connectivity index (χ1v) is 4.44. The Bertz CT molecular complexity index is 365. The monoisotopic (exact) mass is 208 g/mol. The molecule has 0 aromatic carbocycles. The van der Waals surface area contributed by atoms with Crippen LogP contribution in [0.5, 0.6) is 0 Å². The van der Waals surface area contributed by atoms with Gasteiger partial charge >= 0.3 is 5.97 Å². The van der Waals surface area contributed by atoms with Crippen molar-refractivity contribution in [2.45, 2.75) is 26.4 Å². The highest BCUT2D eigenvalue weighted by atomic mass is 16.6. The summed E-state index contributed by atoms with van der Waals surface area (Å²) in [6.45, 7) is 5.29. The van der Waals surface area contributed by atoms with E-state index in [1.807, 2.05) is 0 Å². The van der Waals surface area contributed by atoms with Gasteiger partial charge in [0.25, 0.3) is 0 Å². The summed E-state index contributed by atoms with van der Waals surface area (Å²) in [4.78, 5) is 21.7. The molecule has 80 valence electrons. The van der Waals surface area contributed by atoms with Crippen molar-refractivity contribution in [2.75, 3.05) is 0 Å².